The standard InChI is InChI=1S/C19H18N4O4/c1-22-14-3-2-4-15(17(14)21-19(22)20)27-12-5-6-13-11(9-12)10-23(18(13)26)8-7-16(24)25/h2-6,9H,7-8,10H2,1H3,(H2,20,21)(H,24,25). The molecular formula is C19H18N4O4. The Morgan fingerprint density at radius 1 is 1.33 bits per heavy atom. The van der Waals surface area contributed by atoms with Crippen molar-refractivity contribution >= 4 is 28.9 Å². The summed E-state index contributed by atoms with van der Waals surface area (Å²) >= 11 is 0. The van der Waals surface area contributed by atoms with Crippen LogP contribution >= 0.6 is 0 Å². The molecule has 8 nitrogen and oxygen atoms in total. The number of nitrogens with zero attached hydrogens (tertiary/aromatic N) is 3. The van der Waals surface area contributed by atoms with Crippen molar-refractivity contribution < 1.29 is 19.4 Å². The Balaban J connectivity index is 1.60. The number of benzene rings is 2. The molecule has 2 aromatic carbocycles. The van der Waals surface area contributed by atoms with E-state index in [0.717, 1.165) is 11.1 Å². The molecule has 0 fully saturated rings. The summed E-state index contributed by atoms with van der Waals surface area (Å²) in [5.41, 5.74) is 8.80. The maximum absolute atomic E-state index is 12.4. The lowest BCUT2D eigenvalue weighted by atomic mass is 10.1. The summed E-state index contributed by atoms with van der Waals surface area (Å²) in [7, 11) is 1.83. The number of amides is 1. The van der Waals surface area contributed by atoms with Gasteiger partial charge in [0.15, 0.2) is 5.75 Å². The zero-order valence-corrected chi connectivity index (χ0v) is 14.7. The molecule has 0 spiro atoms. The van der Waals surface area contributed by atoms with Gasteiger partial charge in [0.05, 0.1) is 11.9 Å². The number of anilines is 1. The summed E-state index contributed by atoms with van der Waals surface area (Å²) in [6.45, 7) is 0.560. The highest BCUT2D eigenvalue weighted by atomic mass is 16.5. The highest BCUT2D eigenvalue weighted by Crippen LogP contribution is 2.33. The van der Waals surface area contributed by atoms with Gasteiger partial charge in [-0.25, -0.2) is 4.98 Å². The van der Waals surface area contributed by atoms with Gasteiger partial charge in [-0.1, -0.05) is 6.07 Å². The molecule has 0 aliphatic carbocycles. The minimum absolute atomic E-state index is 0.0772. The Morgan fingerprint density at radius 2 is 2.15 bits per heavy atom. The van der Waals surface area contributed by atoms with Gasteiger partial charge in [-0.2, -0.15) is 0 Å². The molecule has 1 aliphatic rings. The first-order valence-electron chi connectivity index (χ1n) is 8.47. The number of carbonyl (C=O) groups excluding carboxylic acids is 1. The van der Waals surface area contributed by atoms with E-state index in [1.807, 2.05) is 25.2 Å². The molecule has 27 heavy (non-hydrogen) atoms. The molecule has 0 saturated heterocycles. The van der Waals surface area contributed by atoms with Gasteiger partial charge in [0.25, 0.3) is 5.91 Å². The van der Waals surface area contributed by atoms with E-state index in [1.54, 1.807) is 22.8 Å². The van der Waals surface area contributed by atoms with Crippen LogP contribution in [0.5, 0.6) is 11.5 Å². The van der Waals surface area contributed by atoms with Crippen LogP contribution in [0.25, 0.3) is 11.0 Å². The van der Waals surface area contributed by atoms with Gasteiger partial charge in [-0.05, 0) is 35.9 Å². The normalized spacial score (nSPS) is 13.2. The van der Waals surface area contributed by atoms with Crippen LogP contribution in [-0.2, 0) is 18.4 Å². The highest BCUT2D eigenvalue weighted by molar-refractivity contribution is 5.98. The second kappa shape index (κ2) is 6.31. The van der Waals surface area contributed by atoms with Gasteiger partial charge in [-0.15, -0.1) is 0 Å². The largest absolute Gasteiger partial charge is 0.481 e. The number of rotatable bonds is 5. The number of carboxylic acid groups (broad SMARTS) is 1. The van der Waals surface area contributed by atoms with Crippen LogP contribution in [0.15, 0.2) is 36.4 Å². The molecule has 0 unspecified atom stereocenters. The van der Waals surface area contributed by atoms with E-state index in [-0.39, 0.29) is 18.9 Å². The third-order valence-corrected chi connectivity index (χ3v) is 4.69. The first kappa shape index (κ1) is 16.9. The summed E-state index contributed by atoms with van der Waals surface area (Å²) in [6.07, 6.45) is -0.0772. The average Bonchev–Trinajstić information content (AvgIpc) is 3.11. The van der Waals surface area contributed by atoms with Crippen molar-refractivity contribution in [2.75, 3.05) is 12.3 Å². The maximum Gasteiger partial charge on any atom is 0.305 e. The van der Waals surface area contributed by atoms with Gasteiger partial charge in [0.2, 0.25) is 5.95 Å². The molecular weight excluding hydrogens is 348 g/mol. The summed E-state index contributed by atoms with van der Waals surface area (Å²) in [6, 6.07) is 10.8. The summed E-state index contributed by atoms with van der Waals surface area (Å²) in [4.78, 5) is 29.0. The first-order valence-corrected chi connectivity index (χ1v) is 8.47. The van der Waals surface area contributed by atoms with Crippen molar-refractivity contribution in [3.63, 3.8) is 0 Å². The van der Waals surface area contributed by atoms with Gasteiger partial charge < -0.3 is 25.0 Å². The number of imidazole rings is 1. The van der Waals surface area contributed by atoms with E-state index in [0.29, 0.717) is 35.1 Å². The third-order valence-electron chi connectivity index (χ3n) is 4.69. The Labute approximate surface area is 154 Å². The van der Waals surface area contributed by atoms with Gasteiger partial charge in [-0.3, -0.25) is 9.59 Å². The van der Waals surface area contributed by atoms with Crippen molar-refractivity contribution in [3.8, 4) is 11.5 Å². The Morgan fingerprint density at radius 3 is 2.93 bits per heavy atom. The Hall–Kier alpha value is -3.55. The van der Waals surface area contributed by atoms with Crippen LogP contribution in [0.4, 0.5) is 5.95 Å². The number of para-hydroxylation sites is 1. The van der Waals surface area contributed by atoms with E-state index >= 15 is 0 Å². The SMILES string of the molecule is Cn1c(N)nc2c(Oc3ccc4c(c3)CN(CCC(=O)O)C4=O)cccc21. The molecule has 2 heterocycles. The monoisotopic (exact) mass is 366 g/mol. The molecule has 1 aliphatic heterocycles. The number of nitrogens with two attached hydrogens (primary N) is 1. The molecule has 3 aromatic rings. The summed E-state index contributed by atoms with van der Waals surface area (Å²) in [5, 5.41) is 8.82. The number of aryl methyl sites for hydroxylation is 1. The lowest BCUT2D eigenvalue weighted by Gasteiger charge is -2.13. The van der Waals surface area contributed by atoms with Crippen LogP contribution in [-0.4, -0.2) is 38.0 Å². The number of carbonyl (C=O) groups is 2. The molecule has 1 aromatic heterocycles. The number of hydrogen-bond acceptors (Lipinski definition) is 5. The van der Waals surface area contributed by atoms with Gasteiger partial charge in [0.1, 0.15) is 11.3 Å². The van der Waals surface area contributed by atoms with E-state index in [4.69, 9.17) is 15.6 Å². The average molecular weight is 366 g/mol. The fourth-order valence-corrected chi connectivity index (χ4v) is 3.25. The fraction of sp³-hybridized carbons (Fsp3) is 0.211. The van der Waals surface area contributed by atoms with Crippen molar-refractivity contribution in [1.82, 2.24) is 14.5 Å². The lowest BCUT2D eigenvalue weighted by molar-refractivity contribution is -0.137. The van der Waals surface area contributed by atoms with E-state index in [2.05, 4.69) is 4.98 Å². The Bertz CT molecular complexity index is 1070. The first-order chi connectivity index (χ1) is 12.9. The second-order valence-corrected chi connectivity index (χ2v) is 6.44. The molecule has 3 N–H and O–H groups in total. The third kappa shape index (κ3) is 2.95. The molecule has 0 saturated carbocycles. The molecule has 4 rings (SSSR count). The van der Waals surface area contributed by atoms with Crippen LogP contribution in [0.2, 0.25) is 0 Å². The van der Waals surface area contributed by atoms with E-state index in [9.17, 15) is 9.59 Å². The summed E-state index contributed by atoms with van der Waals surface area (Å²) < 4.78 is 7.78. The minimum Gasteiger partial charge on any atom is -0.481 e. The number of hydrogen-bond donors (Lipinski definition) is 2. The number of nitrogen functional groups attached to an aromatic ring is 1. The predicted octanol–water partition coefficient (Wildman–Crippen LogP) is 2.38. The van der Waals surface area contributed by atoms with Gasteiger partial charge in [0, 0.05) is 25.7 Å². The second-order valence-electron chi connectivity index (χ2n) is 6.44. The molecule has 0 bridgehead atoms. The van der Waals surface area contributed by atoms with Crippen LogP contribution < -0.4 is 10.5 Å². The Kier molecular flexibility index (Phi) is 3.95. The number of aliphatic carboxylic acids is 1. The molecule has 0 radical (unpaired) electrons. The zero-order valence-electron chi connectivity index (χ0n) is 14.7. The number of aromatic nitrogens is 2. The predicted molar refractivity (Wildman–Crippen MR) is 98.6 cm³/mol. The van der Waals surface area contributed by atoms with Crippen LogP contribution in [0.1, 0.15) is 22.3 Å². The smallest absolute Gasteiger partial charge is 0.305 e. The number of ether oxygens (including phenoxy) is 1. The van der Waals surface area contributed by atoms with Crippen molar-refractivity contribution in [3.05, 3.63) is 47.5 Å². The molecule has 0 atom stereocenters. The molecule has 1 amide bonds. The maximum atomic E-state index is 12.4. The number of fused-ring (bicyclic) bond motifs is 2. The molecule has 138 valence electrons. The fourth-order valence-electron chi connectivity index (χ4n) is 3.25. The van der Waals surface area contributed by atoms with Crippen LogP contribution in [0, 0.1) is 0 Å². The molecule has 8 heteroatoms. The van der Waals surface area contributed by atoms with E-state index in [1.165, 1.54) is 4.90 Å². The van der Waals surface area contributed by atoms with Crippen molar-refractivity contribution in [1.29, 1.82) is 0 Å². The van der Waals surface area contributed by atoms with Crippen LogP contribution in [0.3, 0.4) is 0 Å². The zero-order chi connectivity index (χ0) is 19.1. The highest BCUT2D eigenvalue weighted by Gasteiger charge is 2.28. The van der Waals surface area contributed by atoms with E-state index < -0.39 is 5.97 Å². The topological polar surface area (TPSA) is 111 Å². The summed E-state index contributed by atoms with van der Waals surface area (Å²) in [5.74, 6) is 0.475. The number of carboxylic acids is 1. The minimum atomic E-state index is -0.925. The van der Waals surface area contributed by atoms with Crippen molar-refractivity contribution in [2.45, 2.75) is 13.0 Å². The van der Waals surface area contributed by atoms with Gasteiger partial charge >= 0.3 is 5.97 Å². The quantitative estimate of drug-likeness (QED) is 0.717. The van der Waals surface area contributed by atoms with Crippen molar-refractivity contribution in [2.24, 2.45) is 7.05 Å². The lowest BCUT2D eigenvalue weighted by Crippen LogP contribution is -2.26.